The summed E-state index contributed by atoms with van der Waals surface area (Å²) in [6.07, 6.45) is -0.0151. The van der Waals surface area contributed by atoms with Crippen LogP contribution in [0, 0.1) is 5.92 Å². The van der Waals surface area contributed by atoms with Crippen molar-refractivity contribution in [3.63, 3.8) is 0 Å². The van der Waals surface area contributed by atoms with E-state index in [0.717, 1.165) is 5.56 Å². The van der Waals surface area contributed by atoms with Gasteiger partial charge < -0.3 is 9.84 Å². The van der Waals surface area contributed by atoms with E-state index < -0.39 is 12.0 Å². The number of ether oxygens (including phenoxy) is 1. The fraction of sp³-hybridized carbons (Fsp3) is 0.500. The Balaban J connectivity index is 2.28. The average Bonchev–Trinajstić information content (AvgIpc) is 2.49. The quantitative estimate of drug-likeness (QED) is 0.742. The van der Waals surface area contributed by atoms with Gasteiger partial charge in [-0.15, -0.1) is 0 Å². The molecule has 0 aliphatic rings. The molecule has 0 bridgehead atoms. The number of Topliss-reactive ketones (excluding diaryl/α,β-unsaturated/α-hetero) is 1. The molecule has 1 aromatic carbocycles. The second-order valence-electron chi connectivity index (χ2n) is 4.86. The van der Waals surface area contributed by atoms with Crippen molar-refractivity contribution < 1.29 is 19.4 Å². The van der Waals surface area contributed by atoms with Crippen LogP contribution in [-0.2, 0) is 20.9 Å². The maximum atomic E-state index is 11.6. The molecular formula is C16H22O4. The first-order valence-corrected chi connectivity index (χ1v) is 6.95. The molecule has 0 heterocycles. The Morgan fingerprint density at radius 3 is 2.50 bits per heavy atom. The molecule has 0 spiro atoms. The minimum Gasteiger partial charge on any atom is -0.461 e. The molecule has 1 N–H and O–H groups in total. The second-order valence-corrected chi connectivity index (χ2v) is 4.86. The number of benzene rings is 1. The molecule has 0 saturated heterocycles. The van der Waals surface area contributed by atoms with Crippen LogP contribution in [0.5, 0.6) is 0 Å². The molecule has 1 aromatic rings. The maximum absolute atomic E-state index is 11.6. The van der Waals surface area contributed by atoms with Crippen LogP contribution in [0.25, 0.3) is 0 Å². The summed E-state index contributed by atoms with van der Waals surface area (Å²) < 4.78 is 5.11. The van der Waals surface area contributed by atoms with Gasteiger partial charge in [-0.1, -0.05) is 44.2 Å². The first kappa shape index (κ1) is 16.4. The van der Waals surface area contributed by atoms with Crippen molar-refractivity contribution in [2.24, 2.45) is 5.92 Å². The molecular weight excluding hydrogens is 256 g/mol. The highest BCUT2D eigenvalue weighted by Crippen LogP contribution is 2.13. The highest BCUT2D eigenvalue weighted by Gasteiger charge is 2.21. The van der Waals surface area contributed by atoms with Crippen LogP contribution < -0.4 is 0 Å². The standard InChI is InChI=1S/C16H22O4/c1-3-14(17)12(2)15(18)9-10-16(19)20-11-13-7-5-4-6-8-13/h4-8,12,15,18H,3,9-11H2,1-2H3/t12-,15+/m1/s1. The van der Waals surface area contributed by atoms with Gasteiger partial charge in [-0.3, -0.25) is 9.59 Å². The lowest BCUT2D eigenvalue weighted by Gasteiger charge is -2.16. The zero-order chi connectivity index (χ0) is 15.0. The lowest BCUT2D eigenvalue weighted by molar-refractivity contribution is -0.146. The van der Waals surface area contributed by atoms with Crippen molar-refractivity contribution in [3.8, 4) is 0 Å². The zero-order valence-electron chi connectivity index (χ0n) is 12.0. The molecule has 0 aliphatic heterocycles. The van der Waals surface area contributed by atoms with Gasteiger partial charge in [0, 0.05) is 18.8 Å². The summed E-state index contributed by atoms with van der Waals surface area (Å²) in [6, 6.07) is 9.41. The van der Waals surface area contributed by atoms with E-state index in [-0.39, 0.29) is 31.2 Å². The molecule has 0 aromatic heterocycles. The number of aliphatic hydroxyl groups excluding tert-OH is 1. The maximum Gasteiger partial charge on any atom is 0.306 e. The minimum absolute atomic E-state index is 0.00940. The number of rotatable bonds is 8. The van der Waals surface area contributed by atoms with Crippen molar-refractivity contribution in [1.82, 2.24) is 0 Å². The summed E-state index contributed by atoms with van der Waals surface area (Å²) in [5, 5.41) is 9.82. The van der Waals surface area contributed by atoms with Crippen molar-refractivity contribution in [2.75, 3.05) is 0 Å². The van der Waals surface area contributed by atoms with Gasteiger partial charge in [-0.05, 0) is 12.0 Å². The molecule has 0 amide bonds. The van der Waals surface area contributed by atoms with Gasteiger partial charge in [-0.2, -0.15) is 0 Å². The van der Waals surface area contributed by atoms with Crippen LogP contribution >= 0.6 is 0 Å². The molecule has 0 radical (unpaired) electrons. The summed E-state index contributed by atoms with van der Waals surface area (Å²) >= 11 is 0. The van der Waals surface area contributed by atoms with E-state index in [1.54, 1.807) is 13.8 Å². The Hall–Kier alpha value is -1.68. The summed E-state index contributed by atoms with van der Waals surface area (Å²) in [5.41, 5.74) is 0.927. The molecule has 1 rings (SSSR count). The predicted molar refractivity (Wildman–Crippen MR) is 75.9 cm³/mol. The minimum atomic E-state index is -0.785. The van der Waals surface area contributed by atoms with Crippen molar-refractivity contribution in [2.45, 2.75) is 45.8 Å². The molecule has 4 nitrogen and oxygen atoms in total. The van der Waals surface area contributed by atoms with E-state index in [4.69, 9.17) is 4.74 Å². The fourth-order valence-electron chi connectivity index (χ4n) is 1.86. The Bertz CT molecular complexity index is 427. The van der Waals surface area contributed by atoms with Gasteiger partial charge in [0.2, 0.25) is 0 Å². The van der Waals surface area contributed by atoms with Gasteiger partial charge in [0.05, 0.1) is 6.10 Å². The molecule has 0 aliphatic carbocycles. The number of aliphatic hydroxyl groups is 1. The SMILES string of the molecule is CCC(=O)[C@@H](C)[C@@H](O)CCC(=O)OCc1ccccc1. The topological polar surface area (TPSA) is 63.6 Å². The largest absolute Gasteiger partial charge is 0.461 e. The molecule has 0 unspecified atom stereocenters. The monoisotopic (exact) mass is 278 g/mol. The number of ketones is 1. The summed E-state index contributed by atoms with van der Waals surface area (Å²) in [5.74, 6) is -0.777. The fourth-order valence-corrected chi connectivity index (χ4v) is 1.86. The Morgan fingerprint density at radius 1 is 1.25 bits per heavy atom. The van der Waals surface area contributed by atoms with E-state index in [9.17, 15) is 14.7 Å². The molecule has 110 valence electrons. The van der Waals surface area contributed by atoms with E-state index in [1.165, 1.54) is 0 Å². The van der Waals surface area contributed by atoms with Crippen LogP contribution in [0.2, 0.25) is 0 Å². The summed E-state index contributed by atoms with van der Waals surface area (Å²) in [4.78, 5) is 23.0. The third kappa shape index (κ3) is 5.53. The van der Waals surface area contributed by atoms with E-state index in [2.05, 4.69) is 0 Å². The van der Waals surface area contributed by atoms with Crippen molar-refractivity contribution in [3.05, 3.63) is 35.9 Å². The Labute approximate surface area is 119 Å². The molecule has 20 heavy (non-hydrogen) atoms. The number of hydrogen-bond acceptors (Lipinski definition) is 4. The van der Waals surface area contributed by atoms with Crippen LogP contribution in [0.3, 0.4) is 0 Å². The molecule has 0 saturated carbocycles. The molecule has 2 atom stereocenters. The third-order valence-corrected chi connectivity index (χ3v) is 3.32. The number of esters is 1. The third-order valence-electron chi connectivity index (χ3n) is 3.32. The van der Waals surface area contributed by atoms with Gasteiger partial charge in [-0.25, -0.2) is 0 Å². The highest BCUT2D eigenvalue weighted by atomic mass is 16.5. The normalized spacial score (nSPS) is 13.6. The van der Waals surface area contributed by atoms with E-state index in [1.807, 2.05) is 30.3 Å². The number of hydrogen-bond donors (Lipinski definition) is 1. The Morgan fingerprint density at radius 2 is 1.90 bits per heavy atom. The van der Waals surface area contributed by atoms with Gasteiger partial charge in [0.15, 0.2) is 0 Å². The predicted octanol–water partition coefficient (Wildman–Crippen LogP) is 2.49. The van der Waals surface area contributed by atoms with Crippen LogP contribution in [0.15, 0.2) is 30.3 Å². The van der Waals surface area contributed by atoms with E-state index in [0.29, 0.717) is 6.42 Å². The lowest BCUT2D eigenvalue weighted by atomic mass is 9.95. The molecule has 4 heteroatoms. The van der Waals surface area contributed by atoms with Gasteiger partial charge in [0.25, 0.3) is 0 Å². The highest BCUT2D eigenvalue weighted by molar-refractivity contribution is 5.81. The smallest absolute Gasteiger partial charge is 0.306 e. The van der Waals surface area contributed by atoms with Crippen molar-refractivity contribution >= 4 is 11.8 Å². The number of carbonyl (C=O) groups excluding carboxylic acids is 2. The van der Waals surface area contributed by atoms with Gasteiger partial charge in [0.1, 0.15) is 12.4 Å². The first-order chi connectivity index (χ1) is 9.54. The van der Waals surface area contributed by atoms with Crippen LogP contribution in [-0.4, -0.2) is 23.0 Å². The van der Waals surface area contributed by atoms with Gasteiger partial charge >= 0.3 is 5.97 Å². The van der Waals surface area contributed by atoms with Crippen LogP contribution in [0.4, 0.5) is 0 Å². The zero-order valence-corrected chi connectivity index (χ0v) is 12.0. The first-order valence-electron chi connectivity index (χ1n) is 6.95. The lowest BCUT2D eigenvalue weighted by Crippen LogP contribution is -2.26. The van der Waals surface area contributed by atoms with Crippen LogP contribution in [0.1, 0.15) is 38.7 Å². The summed E-state index contributed by atoms with van der Waals surface area (Å²) in [6.45, 7) is 3.69. The second kappa shape index (κ2) is 8.48. The Kier molecular flexibility index (Phi) is 6.94. The average molecular weight is 278 g/mol. The summed E-state index contributed by atoms with van der Waals surface area (Å²) in [7, 11) is 0. The van der Waals surface area contributed by atoms with Crippen molar-refractivity contribution in [1.29, 1.82) is 0 Å². The number of carbonyl (C=O) groups is 2. The molecule has 0 fully saturated rings. The van der Waals surface area contributed by atoms with E-state index >= 15 is 0 Å².